The van der Waals surface area contributed by atoms with Gasteiger partial charge in [-0.25, -0.2) is 0 Å². The van der Waals surface area contributed by atoms with Gasteiger partial charge in [0.15, 0.2) is 0 Å². The third kappa shape index (κ3) is 4.06. The molecule has 0 fully saturated rings. The minimum atomic E-state index is 0.991. The van der Waals surface area contributed by atoms with Crippen molar-refractivity contribution in [3.63, 3.8) is 0 Å². The van der Waals surface area contributed by atoms with E-state index in [-0.39, 0.29) is 0 Å². The number of fused-ring (bicyclic) bond motifs is 1. The van der Waals surface area contributed by atoms with Gasteiger partial charge in [-0.1, -0.05) is 57.9 Å². The Bertz CT molecular complexity index is 516. The molecule has 0 atom stereocenters. The lowest BCUT2D eigenvalue weighted by atomic mass is 9.99. The molecule has 0 saturated carbocycles. The second kappa shape index (κ2) is 8.03. The number of nitrogens with zero attached hydrogens (tertiary/aromatic N) is 2. The highest BCUT2D eigenvalue weighted by Crippen LogP contribution is 2.21. The number of unbranched alkanes of at least 4 members (excludes halogenated alkanes) is 7. The largest absolute Gasteiger partial charge is 0.197 e. The molecule has 2 aromatic rings. The molecule has 0 aliphatic carbocycles. The molecule has 20 heavy (non-hydrogen) atoms. The quantitative estimate of drug-likeness (QED) is 0.657. The summed E-state index contributed by atoms with van der Waals surface area (Å²) in [6.07, 6.45) is 12.0. The van der Waals surface area contributed by atoms with Crippen molar-refractivity contribution in [1.82, 2.24) is 15.4 Å². The van der Waals surface area contributed by atoms with Crippen LogP contribution in [-0.4, -0.2) is 15.4 Å². The predicted octanol–water partition coefficient (Wildman–Crippen LogP) is 4.95. The van der Waals surface area contributed by atoms with Crippen LogP contribution in [0.15, 0.2) is 12.1 Å². The standard InChI is InChI=1S/C17H27N3/c1-3-4-5-6-7-8-9-10-11-15-14(2)12-13-16-17(15)19-20-18-16/h12-13H,3-11H2,1-2H3,(H,18,19,20). The molecule has 2 rings (SSSR count). The van der Waals surface area contributed by atoms with Crippen LogP contribution >= 0.6 is 0 Å². The van der Waals surface area contributed by atoms with E-state index in [4.69, 9.17) is 0 Å². The highest BCUT2D eigenvalue weighted by Gasteiger charge is 2.07. The Morgan fingerprint density at radius 1 is 0.900 bits per heavy atom. The zero-order valence-corrected chi connectivity index (χ0v) is 12.9. The Labute approximate surface area is 122 Å². The van der Waals surface area contributed by atoms with E-state index in [0.29, 0.717) is 0 Å². The van der Waals surface area contributed by atoms with Gasteiger partial charge < -0.3 is 0 Å². The smallest absolute Gasteiger partial charge is 0.116 e. The molecule has 1 N–H and O–H groups in total. The van der Waals surface area contributed by atoms with Gasteiger partial charge in [0.1, 0.15) is 11.0 Å². The normalized spacial score (nSPS) is 11.3. The summed E-state index contributed by atoms with van der Waals surface area (Å²) in [6.45, 7) is 4.45. The van der Waals surface area contributed by atoms with Crippen molar-refractivity contribution in [2.75, 3.05) is 0 Å². The molecule has 0 unspecified atom stereocenters. The molecule has 0 spiro atoms. The van der Waals surface area contributed by atoms with Gasteiger partial charge in [0, 0.05) is 0 Å². The average molecular weight is 273 g/mol. The van der Waals surface area contributed by atoms with Crippen molar-refractivity contribution >= 4 is 11.0 Å². The number of aromatic nitrogens is 3. The fourth-order valence-electron chi connectivity index (χ4n) is 2.82. The van der Waals surface area contributed by atoms with E-state index in [1.54, 1.807) is 0 Å². The van der Waals surface area contributed by atoms with E-state index < -0.39 is 0 Å². The molecule has 110 valence electrons. The Morgan fingerprint density at radius 3 is 2.35 bits per heavy atom. The zero-order valence-electron chi connectivity index (χ0n) is 12.9. The summed E-state index contributed by atoms with van der Waals surface area (Å²) in [7, 11) is 0. The molecule has 0 saturated heterocycles. The first-order chi connectivity index (χ1) is 9.83. The molecule has 1 heterocycles. The second-order valence-corrected chi connectivity index (χ2v) is 5.78. The first-order valence-electron chi connectivity index (χ1n) is 8.12. The zero-order chi connectivity index (χ0) is 14.2. The van der Waals surface area contributed by atoms with E-state index in [1.165, 1.54) is 62.5 Å². The molecule has 0 aliphatic heterocycles. The summed E-state index contributed by atoms with van der Waals surface area (Å²) in [4.78, 5) is 0. The van der Waals surface area contributed by atoms with E-state index in [2.05, 4.69) is 35.3 Å². The molecule has 1 aromatic carbocycles. The number of aromatic amines is 1. The Kier molecular flexibility index (Phi) is 6.03. The summed E-state index contributed by atoms with van der Waals surface area (Å²) < 4.78 is 0. The number of H-pyrrole nitrogens is 1. The maximum atomic E-state index is 4.29. The second-order valence-electron chi connectivity index (χ2n) is 5.78. The fourth-order valence-corrected chi connectivity index (χ4v) is 2.82. The summed E-state index contributed by atoms with van der Waals surface area (Å²) >= 11 is 0. The summed E-state index contributed by atoms with van der Waals surface area (Å²) in [6, 6.07) is 4.20. The molecule has 0 bridgehead atoms. The molecule has 0 radical (unpaired) electrons. The van der Waals surface area contributed by atoms with Gasteiger partial charge >= 0.3 is 0 Å². The van der Waals surface area contributed by atoms with Crippen molar-refractivity contribution < 1.29 is 0 Å². The Balaban J connectivity index is 1.73. The van der Waals surface area contributed by atoms with Crippen LogP contribution in [0.4, 0.5) is 0 Å². The van der Waals surface area contributed by atoms with Crippen molar-refractivity contribution in [2.24, 2.45) is 0 Å². The molecule has 1 aromatic heterocycles. The molecule has 0 aliphatic rings. The Hall–Kier alpha value is -1.38. The van der Waals surface area contributed by atoms with Gasteiger partial charge in [-0.05, 0) is 37.0 Å². The van der Waals surface area contributed by atoms with Crippen LogP contribution in [0.1, 0.15) is 69.4 Å². The van der Waals surface area contributed by atoms with Crippen molar-refractivity contribution in [2.45, 2.75) is 71.6 Å². The minimum absolute atomic E-state index is 0.991. The van der Waals surface area contributed by atoms with Crippen LogP contribution in [-0.2, 0) is 6.42 Å². The van der Waals surface area contributed by atoms with E-state index in [0.717, 1.165) is 17.5 Å². The van der Waals surface area contributed by atoms with Gasteiger partial charge in [-0.3, -0.25) is 0 Å². The highest BCUT2D eigenvalue weighted by molar-refractivity contribution is 5.78. The van der Waals surface area contributed by atoms with E-state index in [1.807, 2.05) is 6.07 Å². The van der Waals surface area contributed by atoms with Crippen LogP contribution < -0.4 is 0 Å². The van der Waals surface area contributed by atoms with Crippen LogP contribution in [0.25, 0.3) is 11.0 Å². The lowest BCUT2D eigenvalue weighted by Gasteiger charge is -2.06. The van der Waals surface area contributed by atoms with E-state index >= 15 is 0 Å². The number of rotatable bonds is 9. The number of hydrogen-bond donors (Lipinski definition) is 1. The topological polar surface area (TPSA) is 41.6 Å². The summed E-state index contributed by atoms with van der Waals surface area (Å²) in [5, 5.41) is 11.2. The molecular weight excluding hydrogens is 246 g/mol. The number of hydrogen-bond acceptors (Lipinski definition) is 2. The predicted molar refractivity (Wildman–Crippen MR) is 84.9 cm³/mol. The van der Waals surface area contributed by atoms with Crippen LogP contribution in [0, 0.1) is 6.92 Å². The SMILES string of the molecule is CCCCCCCCCCc1c(C)ccc2n[nH]nc12. The maximum absolute atomic E-state index is 4.29. The van der Waals surface area contributed by atoms with Crippen LogP contribution in [0.2, 0.25) is 0 Å². The minimum Gasteiger partial charge on any atom is -0.197 e. The molecule has 3 nitrogen and oxygen atoms in total. The van der Waals surface area contributed by atoms with Crippen molar-refractivity contribution in [1.29, 1.82) is 0 Å². The first-order valence-corrected chi connectivity index (χ1v) is 8.12. The third-order valence-corrected chi connectivity index (χ3v) is 4.11. The van der Waals surface area contributed by atoms with Gasteiger partial charge in [-0.2, -0.15) is 15.4 Å². The first kappa shape index (κ1) is 15.0. The van der Waals surface area contributed by atoms with Crippen molar-refractivity contribution in [3.8, 4) is 0 Å². The summed E-state index contributed by atoms with van der Waals surface area (Å²) in [5.74, 6) is 0. The number of nitrogens with one attached hydrogen (secondary N) is 1. The van der Waals surface area contributed by atoms with Gasteiger partial charge in [0.25, 0.3) is 0 Å². The van der Waals surface area contributed by atoms with Crippen LogP contribution in [0.3, 0.4) is 0 Å². The fraction of sp³-hybridized carbons (Fsp3) is 0.647. The van der Waals surface area contributed by atoms with Gasteiger partial charge in [0.05, 0.1) is 0 Å². The van der Waals surface area contributed by atoms with E-state index in [9.17, 15) is 0 Å². The molecular formula is C17H27N3. The third-order valence-electron chi connectivity index (χ3n) is 4.11. The summed E-state index contributed by atoms with van der Waals surface area (Å²) in [5.41, 5.74) is 4.77. The number of benzene rings is 1. The average Bonchev–Trinajstić information content (AvgIpc) is 2.92. The van der Waals surface area contributed by atoms with Gasteiger partial charge in [-0.15, -0.1) is 0 Å². The van der Waals surface area contributed by atoms with Crippen LogP contribution in [0.5, 0.6) is 0 Å². The molecule has 3 heteroatoms. The van der Waals surface area contributed by atoms with Gasteiger partial charge in [0.2, 0.25) is 0 Å². The highest BCUT2D eigenvalue weighted by atomic mass is 15.3. The lowest BCUT2D eigenvalue weighted by molar-refractivity contribution is 0.575. The molecule has 0 amide bonds. The monoisotopic (exact) mass is 273 g/mol. The number of aryl methyl sites for hydroxylation is 2. The maximum Gasteiger partial charge on any atom is 0.116 e. The van der Waals surface area contributed by atoms with Crippen molar-refractivity contribution in [3.05, 3.63) is 23.3 Å². The Morgan fingerprint density at radius 2 is 1.60 bits per heavy atom. The lowest BCUT2D eigenvalue weighted by Crippen LogP contribution is -1.92.